The zero-order valence-corrected chi connectivity index (χ0v) is 12.3. The number of rotatable bonds is 3. The molecule has 1 aromatic carbocycles. The first kappa shape index (κ1) is 14.8. The molecule has 104 valence electrons. The minimum atomic E-state index is -0.430. The molecule has 0 atom stereocenters. The lowest BCUT2D eigenvalue weighted by Gasteiger charge is -2.32. The number of benzene rings is 1. The van der Waals surface area contributed by atoms with Crippen LogP contribution in [-0.2, 0) is 9.31 Å². The van der Waals surface area contributed by atoms with Gasteiger partial charge in [-0.2, -0.15) is 5.26 Å². The van der Waals surface area contributed by atoms with E-state index in [0.29, 0.717) is 5.56 Å². The van der Waals surface area contributed by atoms with Crippen LogP contribution in [0.2, 0.25) is 0 Å². The predicted molar refractivity (Wildman–Crippen MR) is 76.7 cm³/mol. The number of carbonyl (C=O) groups is 1. The molecule has 0 amide bonds. The summed E-state index contributed by atoms with van der Waals surface area (Å²) in [6.45, 7) is 7.99. The van der Waals surface area contributed by atoms with Crippen LogP contribution in [0, 0.1) is 11.3 Å². The van der Waals surface area contributed by atoms with Gasteiger partial charge in [0.05, 0.1) is 23.7 Å². The van der Waals surface area contributed by atoms with Crippen molar-refractivity contribution in [1.29, 1.82) is 5.26 Å². The van der Waals surface area contributed by atoms with Crippen LogP contribution in [0.4, 0.5) is 0 Å². The zero-order chi connectivity index (χ0) is 15.0. The molecule has 1 aromatic rings. The van der Waals surface area contributed by atoms with Crippen LogP contribution in [0.25, 0.3) is 0 Å². The van der Waals surface area contributed by atoms with Gasteiger partial charge >= 0.3 is 7.12 Å². The van der Waals surface area contributed by atoms with E-state index in [1.54, 1.807) is 12.1 Å². The molecule has 20 heavy (non-hydrogen) atoms. The maximum absolute atomic E-state index is 11.6. The highest BCUT2D eigenvalue weighted by atomic mass is 16.7. The second-order valence-corrected chi connectivity index (χ2v) is 5.97. The summed E-state index contributed by atoms with van der Waals surface area (Å²) in [7, 11) is -0.430. The molecule has 1 fully saturated rings. The van der Waals surface area contributed by atoms with Crippen molar-refractivity contribution in [2.75, 3.05) is 0 Å². The second-order valence-electron chi connectivity index (χ2n) is 5.97. The summed E-state index contributed by atoms with van der Waals surface area (Å²) in [6, 6.07) is 8.90. The summed E-state index contributed by atoms with van der Waals surface area (Å²) < 4.78 is 11.9. The van der Waals surface area contributed by atoms with Gasteiger partial charge in [-0.3, -0.25) is 4.79 Å². The Kier molecular flexibility index (Phi) is 3.72. The van der Waals surface area contributed by atoms with E-state index in [-0.39, 0.29) is 23.4 Å². The molecular formula is C15H18BNO3. The van der Waals surface area contributed by atoms with Gasteiger partial charge in [0, 0.05) is 5.56 Å². The summed E-state index contributed by atoms with van der Waals surface area (Å²) in [5.74, 6) is -0.173. The number of nitrogens with zero attached hydrogens (tertiary/aromatic N) is 1. The number of ketones is 1. The van der Waals surface area contributed by atoms with E-state index in [1.165, 1.54) is 0 Å². The van der Waals surface area contributed by atoms with E-state index in [4.69, 9.17) is 14.6 Å². The lowest BCUT2D eigenvalue weighted by atomic mass is 9.78. The highest BCUT2D eigenvalue weighted by molar-refractivity contribution is 6.62. The molecule has 0 saturated carbocycles. The number of nitriles is 1. The first-order valence-corrected chi connectivity index (χ1v) is 6.62. The van der Waals surface area contributed by atoms with Gasteiger partial charge < -0.3 is 9.31 Å². The highest BCUT2D eigenvalue weighted by Gasteiger charge is 2.51. The highest BCUT2D eigenvalue weighted by Crippen LogP contribution is 2.36. The van der Waals surface area contributed by atoms with E-state index >= 15 is 0 Å². The zero-order valence-electron chi connectivity index (χ0n) is 12.3. The summed E-state index contributed by atoms with van der Waals surface area (Å²) in [5.41, 5.74) is 0.643. The number of hydrogen-bond donors (Lipinski definition) is 0. The summed E-state index contributed by atoms with van der Waals surface area (Å²) in [4.78, 5) is 11.6. The van der Waals surface area contributed by atoms with Crippen molar-refractivity contribution >= 4 is 18.4 Å². The Hall–Kier alpha value is -1.64. The fourth-order valence-electron chi connectivity index (χ4n) is 1.98. The third kappa shape index (κ3) is 2.62. The van der Waals surface area contributed by atoms with Gasteiger partial charge in [0.2, 0.25) is 0 Å². The Morgan fingerprint density at radius 1 is 1.15 bits per heavy atom. The third-order valence-electron chi connectivity index (χ3n) is 4.00. The van der Waals surface area contributed by atoms with Crippen molar-refractivity contribution in [2.45, 2.75) is 45.3 Å². The number of hydrogen-bond acceptors (Lipinski definition) is 4. The molecule has 1 saturated heterocycles. The van der Waals surface area contributed by atoms with E-state index in [9.17, 15) is 4.79 Å². The lowest BCUT2D eigenvalue weighted by molar-refractivity contribution is 0.00578. The van der Waals surface area contributed by atoms with Gasteiger partial charge in [-0.1, -0.05) is 24.3 Å². The first-order valence-electron chi connectivity index (χ1n) is 6.62. The summed E-state index contributed by atoms with van der Waals surface area (Å²) in [5, 5.41) is 8.53. The molecule has 5 heteroatoms. The van der Waals surface area contributed by atoms with Crippen LogP contribution in [0.5, 0.6) is 0 Å². The van der Waals surface area contributed by atoms with Crippen LogP contribution in [0.3, 0.4) is 0 Å². The minimum absolute atomic E-state index is 0.101. The van der Waals surface area contributed by atoms with Gasteiger partial charge in [0.15, 0.2) is 5.78 Å². The number of carbonyl (C=O) groups excluding carboxylic acids is 1. The Bertz CT molecular complexity index is 541. The molecule has 2 rings (SSSR count). The fraction of sp³-hybridized carbons (Fsp3) is 0.467. The Morgan fingerprint density at radius 3 is 2.10 bits per heavy atom. The molecule has 0 aromatic heterocycles. The molecule has 4 nitrogen and oxygen atoms in total. The summed E-state index contributed by atoms with van der Waals surface area (Å²) >= 11 is 0. The summed E-state index contributed by atoms with van der Waals surface area (Å²) in [6.07, 6.45) is -0.101. The fourth-order valence-corrected chi connectivity index (χ4v) is 1.98. The van der Waals surface area contributed by atoms with Gasteiger partial charge in [0.25, 0.3) is 0 Å². The quantitative estimate of drug-likeness (QED) is 0.623. The second kappa shape index (κ2) is 5.04. The minimum Gasteiger partial charge on any atom is -0.399 e. The van der Waals surface area contributed by atoms with Crippen LogP contribution in [-0.4, -0.2) is 24.1 Å². The predicted octanol–water partition coefficient (Wildman–Crippen LogP) is 2.08. The standard InChI is InChI=1S/C15H18BNO3/c1-14(2)15(3,4)20-16(19-14)12-7-5-11(6-8-12)13(18)9-10-17/h5-8H,9H2,1-4H3. The molecular weight excluding hydrogens is 253 g/mol. The van der Waals surface area contributed by atoms with Crippen molar-refractivity contribution in [1.82, 2.24) is 0 Å². The van der Waals surface area contributed by atoms with Crippen LogP contribution < -0.4 is 5.46 Å². The molecule has 1 aliphatic heterocycles. The van der Waals surface area contributed by atoms with Crippen molar-refractivity contribution in [3.63, 3.8) is 0 Å². The van der Waals surface area contributed by atoms with E-state index in [1.807, 2.05) is 45.9 Å². The smallest absolute Gasteiger partial charge is 0.399 e. The van der Waals surface area contributed by atoms with E-state index < -0.39 is 7.12 Å². The van der Waals surface area contributed by atoms with Gasteiger partial charge in [-0.05, 0) is 33.2 Å². The average Bonchev–Trinajstić information content (AvgIpc) is 2.59. The molecule has 0 radical (unpaired) electrons. The maximum atomic E-state index is 11.6. The SMILES string of the molecule is CC1(C)OB(c2ccc(C(=O)CC#N)cc2)OC1(C)C. The van der Waals surface area contributed by atoms with Gasteiger partial charge in [0.1, 0.15) is 0 Å². The molecule has 0 aliphatic carbocycles. The van der Waals surface area contributed by atoms with Crippen molar-refractivity contribution < 1.29 is 14.1 Å². The monoisotopic (exact) mass is 271 g/mol. The Morgan fingerprint density at radius 2 is 1.65 bits per heavy atom. The first-order chi connectivity index (χ1) is 9.27. The Balaban J connectivity index is 2.17. The third-order valence-corrected chi connectivity index (χ3v) is 4.00. The average molecular weight is 271 g/mol. The van der Waals surface area contributed by atoms with Crippen LogP contribution >= 0.6 is 0 Å². The van der Waals surface area contributed by atoms with Gasteiger partial charge in [-0.25, -0.2) is 0 Å². The molecule has 0 spiro atoms. The van der Waals surface area contributed by atoms with Crippen molar-refractivity contribution in [3.8, 4) is 6.07 Å². The van der Waals surface area contributed by atoms with E-state index in [0.717, 1.165) is 5.46 Å². The normalized spacial score (nSPS) is 19.6. The van der Waals surface area contributed by atoms with Gasteiger partial charge in [-0.15, -0.1) is 0 Å². The van der Waals surface area contributed by atoms with Crippen molar-refractivity contribution in [3.05, 3.63) is 29.8 Å². The molecule has 1 aliphatic rings. The maximum Gasteiger partial charge on any atom is 0.494 e. The number of Topliss-reactive ketones (excluding diaryl/α,β-unsaturated/α-hetero) is 1. The molecule has 0 unspecified atom stereocenters. The topological polar surface area (TPSA) is 59.3 Å². The van der Waals surface area contributed by atoms with Crippen LogP contribution in [0.1, 0.15) is 44.5 Å². The van der Waals surface area contributed by atoms with Crippen molar-refractivity contribution in [2.24, 2.45) is 0 Å². The van der Waals surface area contributed by atoms with Crippen LogP contribution in [0.15, 0.2) is 24.3 Å². The molecule has 0 bridgehead atoms. The lowest BCUT2D eigenvalue weighted by Crippen LogP contribution is -2.41. The largest absolute Gasteiger partial charge is 0.494 e. The van der Waals surface area contributed by atoms with E-state index in [2.05, 4.69) is 0 Å². The molecule has 0 N–H and O–H groups in total. The molecule has 1 heterocycles. The Labute approximate surface area is 119 Å².